The minimum absolute atomic E-state index is 0.172. The third-order valence-electron chi connectivity index (χ3n) is 13.8. The molecular formula is C61H41N3. The van der Waals surface area contributed by atoms with Gasteiger partial charge in [0.05, 0.1) is 34.0 Å². The number of nitrogens with zero attached hydrogens (tertiary/aromatic N) is 3. The summed E-state index contributed by atoms with van der Waals surface area (Å²) in [5, 5.41) is 7.19. The molecule has 0 N–H and O–H groups in total. The monoisotopic (exact) mass is 815 g/mol. The first kappa shape index (κ1) is 36.5. The lowest BCUT2D eigenvalue weighted by Gasteiger charge is -2.22. The zero-order chi connectivity index (χ0) is 42.5. The predicted molar refractivity (Wildman–Crippen MR) is 268 cm³/mol. The number of para-hydroxylation sites is 2. The summed E-state index contributed by atoms with van der Waals surface area (Å²) in [6.45, 7) is 4.74. The number of hydrogen-bond donors (Lipinski definition) is 0. The molecule has 0 amide bonds. The molecule has 12 aromatic rings. The second-order valence-corrected chi connectivity index (χ2v) is 17.8. The third kappa shape index (κ3) is 5.54. The molecule has 0 fully saturated rings. The second kappa shape index (κ2) is 13.9. The van der Waals surface area contributed by atoms with E-state index in [-0.39, 0.29) is 5.41 Å². The molecule has 0 spiro atoms. The van der Waals surface area contributed by atoms with E-state index >= 15 is 0 Å². The molecule has 2 aromatic heterocycles. The molecule has 0 unspecified atom stereocenters. The van der Waals surface area contributed by atoms with Crippen LogP contribution in [0.25, 0.3) is 116 Å². The Hall–Kier alpha value is -8.14. The number of fused-ring (bicyclic) bond motifs is 12. The van der Waals surface area contributed by atoms with Crippen molar-refractivity contribution in [3.63, 3.8) is 0 Å². The maximum absolute atomic E-state index is 5.29. The summed E-state index contributed by atoms with van der Waals surface area (Å²) in [5.41, 5.74) is 19.8. The molecule has 64 heavy (non-hydrogen) atoms. The van der Waals surface area contributed by atoms with E-state index in [2.05, 4.69) is 225 Å². The molecule has 1 aliphatic rings. The van der Waals surface area contributed by atoms with Gasteiger partial charge in [0.2, 0.25) is 0 Å². The van der Waals surface area contributed by atoms with Crippen molar-refractivity contribution in [3.05, 3.63) is 224 Å². The van der Waals surface area contributed by atoms with Crippen molar-refractivity contribution >= 4 is 54.4 Å². The van der Waals surface area contributed by atoms with Gasteiger partial charge in [-0.2, -0.15) is 0 Å². The molecule has 2 heterocycles. The fourth-order valence-electron chi connectivity index (χ4n) is 10.6. The van der Waals surface area contributed by atoms with Crippen molar-refractivity contribution in [3.8, 4) is 61.5 Å². The summed E-state index contributed by atoms with van der Waals surface area (Å²) in [6, 6.07) is 75.2. The largest absolute Gasteiger partial charge is 0.309 e. The van der Waals surface area contributed by atoms with Gasteiger partial charge in [-0.1, -0.05) is 178 Å². The first-order chi connectivity index (χ1) is 31.5. The lowest BCUT2D eigenvalue weighted by molar-refractivity contribution is 0.661. The molecule has 0 bridgehead atoms. The number of hydrogen-bond acceptors (Lipinski definition) is 2. The van der Waals surface area contributed by atoms with Crippen LogP contribution in [0.5, 0.6) is 0 Å². The van der Waals surface area contributed by atoms with Gasteiger partial charge in [0.1, 0.15) is 0 Å². The van der Waals surface area contributed by atoms with Crippen LogP contribution in [-0.2, 0) is 5.41 Å². The first-order valence-corrected chi connectivity index (χ1v) is 22.1. The van der Waals surface area contributed by atoms with Crippen LogP contribution in [0.2, 0.25) is 0 Å². The van der Waals surface area contributed by atoms with E-state index in [4.69, 9.17) is 9.97 Å². The summed E-state index contributed by atoms with van der Waals surface area (Å²) in [5.74, 6) is 0. The quantitative estimate of drug-likeness (QED) is 0.162. The van der Waals surface area contributed by atoms with Gasteiger partial charge in [-0.15, -0.1) is 0 Å². The van der Waals surface area contributed by atoms with Gasteiger partial charge >= 0.3 is 0 Å². The van der Waals surface area contributed by atoms with Crippen LogP contribution in [0.1, 0.15) is 25.0 Å². The summed E-state index contributed by atoms with van der Waals surface area (Å²) in [4.78, 5) is 10.3. The first-order valence-electron chi connectivity index (χ1n) is 22.1. The summed E-state index contributed by atoms with van der Waals surface area (Å²) >= 11 is 0. The van der Waals surface area contributed by atoms with Crippen molar-refractivity contribution in [2.24, 2.45) is 0 Å². The van der Waals surface area contributed by atoms with Gasteiger partial charge in [-0.3, -0.25) is 4.98 Å². The van der Waals surface area contributed by atoms with Gasteiger partial charge in [-0.05, 0) is 109 Å². The van der Waals surface area contributed by atoms with Gasteiger partial charge in [0.15, 0.2) is 0 Å². The Bertz CT molecular complexity index is 3820. The Kier molecular flexibility index (Phi) is 7.95. The van der Waals surface area contributed by atoms with Crippen molar-refractivity contribution in [1.29, 1.82) is 0 Å². The van der Waals surface area contributed by atoms with E-state index in [1.807, 2.05) is 6.20 Å². The van der Waals surface area contributed by atoms with E-state index in [0.29, 0.717) is 0 Å². The minimum atomic E-state index is -0.172. The fourth-order valence-corrected chi connectivity index (χ4v) is 10.6. The Morgan fingerprint density at radius 1 is 0.359 bits per heavy atom. The van der Waals surface area contributed by atoms with Crippen LogP contribution in [-0.4, -0.2) is 14.5 Å². The van der Waals surface area contributed by atoms with E-state index in [9.17, 15) is 0 Å². The second-order valence-electron chi connectivity index (χ2n) is 17.8. The Morgan fingerprint density at radius 3 is 1.55 bits per heavy atom. The summed E-state index contributed by atoms with van der Waals surface area (Å²) < 4.78 is 2.39. The minimum Gasteiger partial charge on any atom is -0.309 e. The third-order valence-corrected chi connectivity index (χ3v) is 13.8. The topological polar surface area (TPSA) is 30.7 Å². The fraction of sp³-hybridized carbons (Fsp3) is 0.0492. The summed E-state index contributed by atoms with van der Waals surface area (Å²) in [7, 11) is 0. The maximum Gasteiger partial charge on any atom is 0.0979 e. The summed E-state index contributed by atoms with van der Waals surface area (Å²) in [6.07, 6.45) is 1.93. The van der Waals surface area contributed by atoms with Crippen LogP contribution in [0.15, 0.2) is 212 Å². The van der Waals surface area contributed by atoms with Gasteiger partial charge < -0.3 is 4.57 Å². The highest BCUT2D eigenvalue weighted by Gasteiger charge is 2.36. The molecule has 10 aromatic carbocycles. The van der Waals surface area contributed by atoms with Crippen molar-refractivity contribution in [1.82, 2.24) is 14.5 Å². The van der Waals surface area contributed by atoms with Crippen molar-refractivity contribution in [2.75, 3.05) is 0 Å². The van der Waals surface area contributed by atoms with Crippen LogP contribution in [0.3, 0.4) is 0 Å². The zero-order valence-electron chi connectivity index (χ0n) is 35.5. The highest BCUT2D eigenvalue weighted by Crippen LogP contribution is 2.51. The highest BCUT2D eigenvalue weighted by molar-refractivity contribution is 6.23. The van der Waals surface area contributed by atoms with Crippen LogP contribution >= 0.6 is 0 Å². The molecule has 13 rings (SSSR count). The average Bonchev–Trinajstić information content (AvgIpc) is 3.81. The molecule has 3 nitrogen and oxygen atoms in total. The Morgan fingerprint density at radius 2 is 0.859 bits per heavy atom. The zero-order valence-corrected chi connectivity index (χ0v) is 35.5. The van der Waals surface area contributed by atoms with Gasteiger partial charge in [-0.25, -0.2) is 4.98 Å². The Labute approximate surface area is 371 Å². The van der Waals surface area contributed by atoms with Crippen LogP contribution in [0.4, 0.5) is 0 Å². The highest BCUT2D eigenvalue weighted by atomic mass is 15.0. The maximum atomic E-state index is 5.29. The van der Waals surface area contributed by atoms with E-state index in [1.165, 1.54) is 93.9 Å². The van der Waals surface area contributed by atoms with Crippen LogP contribution < -0.4 is 0 Å². The molecule has 300 valence electrons. The Balaban J connectivity index is 0.814. The number of rotatable bonds is 5. The molecule has 0 saturated carbocycles. The molecular weight excluding hydrogens is 775 g/mol. The van der Waals surface area contributed by atoms with E-state index in [1.54, 1.807) is 0 Å². The molecule has 0 radical (unpaired) electrons. The molecule has 1 aliphatic carbocycles. The van der Waals surface area contributed by atoms with Gasteiger partial charge in [0, 0.05) is 38.2 Å². The molecule has 0 aliphatic heterocycles. The van der Waals surface area contributed by atoms with Gasteiger partial charge in [0.25, 0.3) is 0 Å². The smallest absolute Gasteiger partial charge is 0.0979 e. The predicted octanol–water partition coefficient (Wildman–Crippen LogP) is 16.0. The molecule has 3 heteroatoms. The van der Waals surface area contributed by atoms with E-state index in [0.717, 1.165) is 33.1 Å². The van der Waals surface area contributed by atoms with Crippen molar-refractivity contribution in [2.45, 2.75) is 19.3 Å². The lowest BCUT2D eigenvalue weighted by Crippen LogP contribution is -2.15. The molecule has 0 atom stereocenters. The SMILES string of the molecule is CC1(C)c2cc(-c3ccc(-c4ccc5c6ccccc6n(-c6ccccc6)c5c4)cc3)ccc2-c2ccc(-c3cccc(-c4cnc5c6ccccc6c6ccccc6c5n4)c3)cc21. The normalized spacial score (nSPS) is 13.0. The van der Waals surface area contributed by atoms with Crippen molar-refractivity contribution < 1.29 is 0 Å². The van der Waals surface area contributed by atoms with E-state index < -0.39 is 0 Å². The number of aromatic nitrogens is 3. The van der Waals surface area contributed by atoms with Crippen LogP contribution in [0, 0.1) is 0 Å². The molecule has 0 saturated heterocycles. The standard InChI is InChI=1S/C61H41N3/c1-61(2)54-34-41(38-23-25-39(26-24-38)43-29-32-51-50-19-10-11-22-57(50)64(58(51)36-43)45-15-4-3-5-16-45)27-30-48(54)49-31-28-42(35-55(49)61)40-13-12-14-44(33-40)56-37-62-59-52-20-8-6-17-46(52)47-18-7-9-21-53(47)60(59)63-56/h3-37H,1-2H3. The average molecular weight is 816 g/mol. The number of benzene rings is 10. The lowest BCUT2D eigenvalue weighted by atomic mass is 9.80.